The summed E-state index contributed by atoms with van der Waals surface area (Å²) in [6.07, 6.45) is -1.47. The minimum atomic E-state index is -4.84. The number of ether oxygens (including phenoxy) is 2. The zero-order chi connectivity index (χ0) is 31.6. The molecular formula is C31H34F4N4O4S. The quantitative estimate of drug-likeness (QED) is 0.118. The van der Waals surface area contributed by atoms with Crippen molar-refractivity contribution in [1.82, 2.24) is 15.5 Å². The topological polar surface area (TPSA) is 89.7 Å². The molecule has 1 aliphatic rings. The van der Waals surface area contributed by atoms with Crippen molar-refractivity contribution in [3.05, 3.63) is 59.1 Å². The Labute approximate surface area is 256 Å². The summed E-state index contributed by atoms with van der Waals surface area (Å²) in [4.78, 5) is 18.6. The lowest BCUT2D eigenvalue weighted by atomic mass is 10.0. The van der Waals surface area contributed by atoms with Crippen LogP contribution in [0.4, 0.5) is 22.7 Å². The smallest absolute Gasteiger partial charge is 0.465 e. The number of fused-ring (bicyclic) bond motifs is 1. The number of carbonyl (C=O) groups excluding carboxylic acids is 1. The van der Waals surface area contributed by atoms with Gasteiger partial charge in [-0.05, 0) is 63.8 Å². The number of halogens is 4. The van der Waals surface area contributed by atoms with Crippen LogP contribution in [-0.4, -0.2) is 48.2 Å². The Morgan fingerprint density at radius 2 is 1.98 bits per heavy atom. The number of esters is 1. The summed E-state index contributed by atoms with van der Waals surface area (Å²) in [5.74, 6) is -0.647. The van der Waals surface area contributed by atoms with Gasteiger partial charge in [0.2, 0.25) is 0 Å². The fraction of sp³-hybridized carbons (Fsp3) is 0.452. The molecule has 1 N–H and O–H groups in total. The molecular weight excluding hydrogens is 600 g/mol. The summed E-state index contributed by atoms with van der Waals surface area (Å²) in [6.45, 7) is 7.11. The van der Waals surface area contributed by atoms with Crippen molar-refractivity contribution in [2.24, 2.45) is 0 Å². The molecule has 1 saturated carbocycles. The normalized spacial score (nSPS) is 14.9. The lowest BCUT2D eigenvalue weighted by Crippen LogP contribution is -2.39. The first-order chi connectivity index (χ1) is 21.0. The molecule has 1 aliphatic carbocycles. The summed E-state index contributed by atoms with van der Waals surface area (Å²) >= 11 is 1.31. The number of aromatic nitrogens is 2. The third-order valence-corrected chi connectivity index (χ3v) is 8.84. The van der Waals surface area contributed by atoms with Gasteiger partial charge in [-0.3, -0.25) is 0 Å². The second-order valence-electron chi connectivity index (χ2n) is 10.8. The molecule has 13 heteroatoms. The van der Waals surface area contributed by atoms with Crippen LogP contribution in [0.2, 0.25) is 0 Å². The molecule has 2 aromatic heterocycles. The van der Waals surface area contributed by atoms with E-state index >= 15 is 0 Å². The number of carbonyl (C=O) groups is 1. The molecule has 5 rings (SSSR count). The maximum Gasteiger partial charge on any atom is 0.573 e. The fourth-order valence-corrected chi connectivity index (χ4v) is 6.58. The lowest BCUT2D eigenvalue weighted by Gasteiger charge is -2.31. The SMILES string of the molecule is CCC(CC(C)N(CC)c1nc2c(F)cc(C(=O)OC)cc2s1)NCc1c(-c2ccccc2OC(F)(F)F)noc1C1CC1. The third kappa shape index (κ3) is 6.99. The second-order valence-corrected chi connectivity index (χ2v) is 11.9. The summed E-state index contributed by atoms with van der Waals surface area (Å²) < 4.78 is 69.5. The number of nitrogens with one attached hydrogen (secondary N) is 1. The van der Waals surface area contributed by atoms with Crippen molar-refractivity contribution >= 4 is 32.7 Å². The van der Waals surface area contributed by atoms with Gasteiger partial charge in [0, 0.05) is 42.2 Å². The van der Waals surface area contributed by atoms with Crippen LogP contribution in [0.5, 0.6) is 5.75 Å². The van der Waals surface area contributed by atoms with Crippen LogP contribution >= 0.6 is 11.3 Å². The van der Waals surface area contributed by atoms with Gasteiger partial charge in [0.15, 0.2) is 10.9 Å². The highest BCUT2D eigenvalue weighted by molar-refractivity contribution is 7.22. The highest BCUT2D eigenvalue weighted by Gasteiger charge is 2.36. The van der Waals surface area contributed by atoms with Crippen LogP contribution in [0.15, 0.2) is 40.9 Å². The Kier molecular flexibility index (Phi) is 9.45. The van der Waals surface area contributed by atoms with Crippen molar-refractivity contribution in [3.8, 4) is 17.0 Å². The van der Waals surface area contributed by atoms with E-state index in [1.807, 2.05) is 6.92 Å². The Morgan fingerprint density at radius 3 is 2.64 bits per heavy atom. The third-order valence-electron chi connectivity index (χ3n) is 7.80. The van der Waals surface area contributed by atoms with E-state index in [4.69, 9.17) is 9.26 Å². The molecule has 1 fully saturated rings. The maximum absolute atomic E-state index is 14.8. The summed E-state index contributed by atoms with van der Waals surface area (Å²) in [6, 6.07) is 8.71. The molecule has 2 unspecified atom stereocenters. The van der Waals surface area contributed by atoms with E-state index in [9.17, 15) is 22.4 Å². The lowest BCUT2D eigenvalue weighted by molar-refractivity contribution is -0.274. The van der Waals surface area contributed by atoms with Crippen molar-refractivity contribution in [2.45, 2.75) is 77.4 Å². The van der Waals surface area contributed by atoms with Crippen molar-refractivity contribution in [1.29, 1.82) is 0 Å². The first-order valence-corrected chi connectivity index (χ1v) is 15.4. The van der Waals surface area contributed by atoms with E-state index in [-0.39, 0.29) is 40.4 Å². The van der Waals surface area contributed by atoms with E-state index in [1.165, 1.54) is 30.6 Å². The van der Waals surface area contributed by atoms with E-state index in [0.29, 0.717) is 40.8 Å². The number of benzene rings is 2. The minimum absolute atomic E-state index is 0.00640. The van der Waals surface area contributed by atoms with Gasteiger partial charge >= 0.3 is 12.3 Å². The number of rotatable bonds is 13. The highest BCUT2D eigenvalue weighted by atomic mass is 32.1. The van der Waals surface area contributed by atoms with Crippen LogP contribution in [0.25, 0.3) is 21.5 Å². The molecule has 0 aliphatic heterocycles. The maximum atomic E-state index is 14.8. The van der Waals surface area contributed by atoms with Gasteiger partial charge in [-0.25, -0.2) is 14.2 Å². The van der Waals surface area contributed by atoms with Crippen LogP contribution < -0.4 is 15.0 Å². The number of alkyl halides is 3. The van der Waals surface area contributed by atoms with E-state index in [1.54, 1.807) is 18.2 Å². The van der Waals surface area contributed by atoms with Gasteiger partial charge in [-0.15, -0.1) is 13.2 Å². The average molecular weight is 635 g/mol. The molecule has 0 spiro atoms. The van der Waals surface area contributed by atoms with Crippen molar-refractivity contribution in [2.75, 3.05) is 18.6 Å². The van der Waals surface area contributed by atoms with Crippen LogP contribution in [0.3, 0.4) is 0 Å². The predicted molar refractivity (Wildman–Crippen MR) is 160 cm³/mol. The molecule has 0 saturated heterocycles. The molecule has 44 heavy (non-hydrogen) atoms. The van der Waals surface area contributed by atoms with Gasteiger partial charge < -0.3 is 24.2 Å². The van der Waals surface area contributed by atoms with Crippen LogP contribution in [-0.2, 0) is 11.3 Å². The molecule has 236 valence electrons. The second kappa shape index (κ2) is 13.1. The Morgan fingerprint density at radius 1 is 1.23 bits per heavy atom. The largest absolute Gasteiger partial charge is 0.573 e. The molecule has 8 nitrogen and oxygen atoms in total. The van der Waals surface area contributed by atoms with Crippen LogP contribution in [0, 0.1) is 5.82 Å². The molecule has 2 heterocycles. The molecule has 0 bridgehead atoms. The molecule has 2 atom stereocenters. The number of anilines is 1. The van der Waals surface area contributed by atoms with Gasteiger partial charge in [0.25, 0.3) is 0 Å². The number of hydrogen-bond acceptors (Lipinski definition) is 9. The van der Waals surface area contributed by atoms with E-state index in [0.717, 1.165) is 30.9 Å². The number of nitrogens with zero attached hydrogens (tertiary/aromatic N) is 3. The summed E-state index contributed by atoms with van der Waals surface area (Å²) in [7, 11) is 1.25. The Bertz CT molecular complexity index is 1620. The fourth-order valence-electron chi connectivity index (χ4n) is 5.40. The van der Waals surface area contributed by atoms with E-state index in [2.05, 4.69) is 38.9 Å². The zero-order valence-electron chi connectivity index (χ0n) is 24.8. The summed E-state index contributed by atoms with van der Waals surface area (Å²) in [5.41, 5.74) is 1.61. The zero-order valence-corrected chi connectivity index (χ0v) is 25.7. The van der Waals surface area contributed by atoms with Crippen molar-refractivity contribution in [3.63, 3.8) is 0 Å². The first kappa shape index (κ1) is 31.7. The Hall–Kier alpha value is -3.71. The minimum Gasteiger partial charge on any atom is -0.465 e. The molecule has 0 amide bonds. The number of para-hydroxylation sites is 1. The van der Waals surface area contributed by atoms with Crippen molar-refractivity contribution < 1.29 is 36.4 Å². The molecule has 0 radical (unpaired) electrons. The number of methoxy groups -OCH3 is 1. The van der Waals surface area contributed by atoms with Gasteiger partial charge in [0.05, 0.1) is 17.4 Å². The standard InChI is InChI=1S/C31H34F4N4O4S/c1-5-20(13-17(3)39(6-2)30-37-27-23(32)14-19(29(40)41-4)15-25(27)44-30)36-16-22-26(38-43-28(22)18-11-12-18)21-9-7-8-10-24(21)42-31(33,34)35/h7-10,14-15,17-18,20,36H,5-6,11-13,16H2,1-4H3. The first-order valence-electron chi connectivity index (χ1n) is 14.5. The number of hydrogen-bond donors (Lipinski definition) is 1. The van der Waals surface area contributed by atoms with E-state index < -0.39 is 18.1 Å². The highest BCUT2D eigenvalue weighted by Crippen LogP contribution is 2.45. The monoisotopic (exact) mass is 634 g/mol. The van der Waals surface area contributed by atoms with Gasteiger partial charge in [-0.1, -0.05) is 35.5 Å². The molecule has 2 aromatic carbocycles. The van der Waals surface area contributed by atoms with Gasteiger partial charge in [0.1, 0.15) is 22.7 Å². The average Bonchev–Trinajstić information content (AvgIpc) is 3.60. The molecule has 4 aromatic rings. The predicted octanol–water partition coefficient (Wildman–Crippen LogP) is 7.83. The Balaban J connectivity index is 1.34. The van der Waals surface area contributed by atoms with Crippen LogP contribution in [0.1, 0.15) is 74.1 Å². The number of thiazole rings is 1. The van der Waals surface area contributed by atoms with Gasteiger partial charge in [-0.2, -0.15) is 0 Å². The summed E-state index contributed by atoms with van der Waals surface area (Å²) in [5, 5.41) is 8.42.